The molecule has 0 aliphatic heterocycles. The molecule has 1 aliphatic carbocycles. The molecule has 7 nitrogen and oxygen atoms in total. The van der Waals surface area contributed by atoms with Crippen molar-refractivity contribution in [2.24, 2.45) is 5.73 Å². The lowest BCUT2D eigenvalue weighted by molar-refractivity contribution is 0.0912. The Kier molecular flexibility index (Phi) is 7.06. The molecule has 4 aromatic rings. The van der Waals surface area contributed by atoms with E-state index < -0.39 is 0 Å². The first-order valence-electron chi connectivity index (χ1n) is 12.9. The number of hydrogen-bond donors (Lipinski definition) is 3. The molecule has 1 saturated carbocycles. The first-order valence-corrected chi connectivity index (χ1v) is 12.9. The van der Waals surface area contributed by atoms with E-state index >= 15 is 0 Å². The Morgan fingerprint density at radius 2 is 1.84 bits per heavy atom. The molecule has 0 spiro atoms. The van der Waals surface area contributed by atoms with Crippen molar-refractivity contribution in [1.29, 1.82) is 5.41 Å². The van der Waals surface area contributed by atoms with E-state index in [-0.39, 0.29) is 23.9 Å². The number of nitrogens with two attached hydrogens (primary N) is 1. The van der Waals surface area contributed by atoms with Crippen LogP contribution in [-0.4, -0.2) is 41.3 Å². The van der Waals surface area contributed by atoms with Crippen LogP contribution in [-0.2, 0) is 11.3 Å². The fourth-order valence-corrected chi connectivity index (χ4v) is 5.39. The van der Waals surface area contributed by atoms with E-state index in [4.69, 9.17) is 15.9 Å². The molecule has 4 N–H and O–H groups in total. The molecule has 0 atom stereocenters. The molecule has 0 bridgehead atoms. The quantitative estimate of drug-likeness (QED) is 0.190. The number of aldehydes is 1. The van der Waals surface area contributed by atoms with Crippen molar-refractivity contribution in [3.8, 4) is 0 Å². The Morgan fingerprint density at radius 3 is 2.59 bits per heavy atom. The third kappa shape index (κ3) is 4.87. The van der Waals surface area contributed by atoms with Crippen LogP contribution >= 0.6 is 0 Å². The highest BCUT2D eigenvalue weighted by atomic mass is 16.5. The van der Waals surface area contributed by atoms with Gasteiger partial charge < -0.3 is 20.4 Å². The van der Waals surface area contributed by atoms with Gasteiger partial charge in [0.25, 0.3) is 5.91 Å². The van der Waals surface area contributed by atoms with Gasteiger partial charge in [0.2, 0.25) is 5.90 Å². The summed E-state index contributed by atoms with van der Waals surface area (Å²) in [6.07, 6.45) is 4.15. The summed E-state index contributed by atoms with van der Waals surface area (Å²) < 4.78 is 7.34. The van der Waals surface area contributed by atoms with Gasteiger partial charge in [-0.2, -0.15) is 0 Å². The summed E-state index contributed by atoms with van der Waals surface area (Å²) in [5.74, 6) is -0.208. The van der Waals surface area contributed by atoms with Crippen LogP contribution in [0, 0.1) is 5.41 Å². The van der Waals surface area contributed by atoms with E-state index in [1.165, 1.54) is 0 Å². The lowest BCUT2D eigenvalue weighted by Gasteiger charge is -2.27. The van der Waals surface area contributed by atoms with Crippen molar-refractivity contribution < 1.29 is 14.3 Å². The van der Waals surface area contributed by atoms with Crippen LogP contribution in [0.5, 0.6) is 0 Å². The van der Waals surface area contributed by atoms with Crippen LogP contribution in [0.25, 0.3) is 21.7 Å². The van der Waals surface area contributed by atoms with E-state index in [1.54, 1.807) is 12.1 Å². The molecular weight excluding hydrogens is 464 g/mol. The largest absolute Gasteiger partial charge is 0.478 e. The van der Waals surface area contributed by atoms with Crippen LogP contribution in [0.2, 0.25) is 0 Å². The second-order valence-electron chi connectivity index (χ2n) is 9.68. The van der Waals surface area contributed by atoms with Gasteiger partial charge in [0.1, 0.15) is 5.69 Å². The summed E-state index contributed by atoms with van der Waals surface area (Å²) >= 11 is 0. The first kappa shape index (κ1) is 24.7. The van der Waals surface area contributed by atoms with Gasteiger partial charge in [0.05, 0.1) is 17.7 Å². The molecule has 1 aromatic heterocycles. The third-order valence-electron chi connectivity index (χ3n) is 7.30. The molecule has 1 heterocycles. The second kappa shape index (κ2) is 10.6. The van der Waals surface area contributed by atoms with Crippen LogP contribution in [0.4, 0.5) is 0 Å². The molecule has 190 valence electrons. The molecule has 3 aromatic carbocycles. The average Bonchev–Trinajstić information content (AvgIpc) is 3.23. The number of amides is 1. The Bertz CT molecular complexity index is 1480. The van der Waals surface area contributed by atoms with Crippen molar-refractivity contribution in [2.45, 2.75) is 51.2 Å². The van der Waals surface area contributed by atoms with E-state index in [0.717, 1.165) is 48.3 Å². The predicted octanol–water partition coefficient (Wildman–Crippen LogP) is 5.02. The zero-order chi connectivity index (χ0) is 25.9. The number of benzene rings is 3. The lowest BCUT2D eigenvalue weighted by Crippen LogP contribution is -2.41. The monoisotopic (exact) mass is 496 g/mol. The van der Waals surface area contributed by atoms with Gasteiger partial charge in [-0.25, -0.2) is 0 Å². The molecule has 5 rings (SSSR count). The van der Waals surface area contributed by atoms with E-state index in [9.17, 15) is 9.59 Å². The SMILES string of the molecule is CCOC(=N)c1ccc2c(C=O)c(C(=O)NC3CCC(N)CC3)n(Cc3cccc4ccccc34)c2c1. The van der Waals surface area contributed by atoms with Crippen molar-refractivity contribution in [2.75, 3.05) is 6.61 Å². The van der Waals surface area contributed by atoms with Gasteiger partial charge in [-0.15, -0.1) is 0 Å². The summed E-state index contributed by atoms with van der Waals surface area (Å²) in [6.45, 7) is 2.61. The van der Waals surface area contributed by atoms with Gasteiger partial charge in [0.15, 0.2) is 6.29 Å². The van der Waals surface area contributed by atoms with Crippen LogP contribution in [0.3, 0.4) is 0 Å². The van der Waals surface area contributed by atoms with Crippen LogP contribution in [0.15, 0.2) is 60.7 Å². The number of carbonyl (C=O) groups is 2. The Labute approximate surface area is 216 Å². The van der Waals surface area contributed by atoms with Gasteiger partial charge in [-0.1, -0.05) is 48.5 Å². The molecule has 7 heteroatoms. The maximum Gasteiger partial charge on any atom is 0.268 e. The summed E-state index contributed by atoms with van der Waals surface area (Å²) in [7, 11) is 0. The summed E-state index contributed by atoms with van der Waals surface area (Å²) in [6, 6.07) is 19.8. The molecular formula is C30H32N4O3. The zero-order valence-electron chi connectivity index (χ0n) is 21.0. The van der Waals surface area contributed by atoms with Crippen molar-refractivity contribution >= 4 is 39.8 Å². The maximum absolute atomic E-state index is 13.8. The standard InChI is InChI=1S/C30H32N4O3/c1-2-37-29(32)20-10-15-25-26(18-35)28(30(36)33-23-13-11-22(31)12-14-23)34(27(25)16-20)17-21-8-5-7-19-6-3-4-9-24(19)21/h3-10,15-16,18,22-23,32H,2,11-14,17,31H2,1H3,(H,33,36). The molecule has 1 amide bonds. The Balaban J connectivity index is 1.65. The minimum absolute atomic E-state index is 0.0255. The molecule has 37 heavy (non-hydrogen) atoms. The minimum Gasteiger partial charge on any atom is -0.478 e. The van der Waals surface area contributed by atoms with E-state index in [0.29, 0.717) is 40.9 Å². The number of hydrogen-bond acceptors (Lipinski definition) is 5. The van der Waals surface area contributed by atoms with Crippen molar-refractivity contribution in [1.82, 2.24) is 9.88 Å². The zero-order valence-corrected chi connectivity index (χ0v) is 21.0. The number of fused-ring (bicyclic) bond motifs is 2. The number of rotatable bonds is 7. The molecule has 1 aliphatic rings. The molecule has 0 saturated heterocycles. The van der Waals surface area contributed by atoms with Crippen LogP contribution in [0.1, 0.15) is 64.6 Å². The van der Waals surface area contributed by atoms with Gasteiger partial charge >= 0.3 is 0 Å². The third-order valence-corrected chi connectivity index (χ3v) is 7.30. The topological polar surface area (TPSA) is 110 Å². The normalized spacial score (nSPS) is 17.6. The highest BCUT2D eigenvalue weighted by molar-refractivity contribution is 6.11. The second-order valence-corrected chi connectivity index (χ2v) is 9.68. The number of carbonyl (C=O) groups excluding carboxylic acids is 2. The smallest absolute Gasteiger partial charge is 0.268 e. The fraction of sp³-hybridized carbons (Fsp3) is 0.300. The van der Waals surface area contributed by atoms with Gasteiger partial charge in [-0.3, -0.25) is 15.0 Å². The van der Waals surface area contributed by atoms with Crippen molar-refractivity contribution in [3.05, 3.63) is 83.0 Å². The highest BCUT2D eigenvalue weighted by Crippen LogP contribution is 2.30. The molecule has 1 fully saturated rings. The summed E-state index contributed by atoms with van der Waals surface area (Å²) in [5, 5.41) is 14.3. The van der Waals surface area contributed by atoms with Gasteiger partial charge in [-0.05, 0) is 61.1 Å². The first-order chi connectivity index (χ1) is 18.0. The lowest BCUT2D eigenvalue weighted by atomic mass is 9.91. The fourth-order valence-electron chi connectivity index (χ4n) is 5.39. The molecule has 0 unspecified atom stereocenters. The highest BCUT2D eigenvalue weighted by Gasteiger charge is 2.27. The number of nitrogens with zero attached hydrogens (tertiary/aromatic N) is 1. The Hall–Kier alpha value is -3.97. The van der Waals surface area contributed by atoms with Crippen LogP contribution < -0.4 is 11.1 Å². The molecule has 0 radical (unpaired) electrons. The predicted molar refractivity (Wildman–Crippen MR) is 147 cm³/mol. The maximum atomic E-state index is 13.8. The Morgan fingerprint density at radius 1 is 1.08 bits per heavy atom. The minimum atomic E-state index is -0.263. The van der Waals surface area contributed by atoms with Crippen molar-refractivity contribution in [3.63, 3.8) is 0 Å². The number of nitrogens with one attached hydrogen (secondary N) is 2. The average molecular weight is 497 g/mol. The number of aromatic nitrogens is 1. The summed E-state index contributed by atoms with van der Waals surface area (Å²) in [5.41, 5.74) is 9.10. The van der Waals surface area contributed by atoms with E-state index in [1.807, 2.05) is 41.8 Å². The number of ether oxygens (including phenoxy) is 1. The summed E-state index contributed by atoms with van der Waals surface area (Å²) in [4.78, 5) is 26.2. The van der Waals surface area contributed by atoms with Gasteiger partial charge in [0, 0.05) is 29.6 Å². The van der Waals surface area contributed by atoms with E-state index in [2.05, 4.69) is 23.5 Å².